The van der Waals surface area contributed by atoms with Gasteiger partial charge in [0, 0.05) is 12.2 Å². The van der Waals surface area contributed by atoms with Crippen molar-refractivity contribution in [2.45, 2.75) is 39.1 Å². The lowest BCUT2D eigenvalue weighted by Gasteiger charge is -2.17. The molecule has 0 aromatic heterocycles. The van der Waals surface area contributed by atoms with Gasteiger partial charge in [-0.3, -0.25) is 4.79 Å². The van der Waals surface area contributed by atoms with E-state index < -0.39 is 11.7 Å². The van der Waals surface area contributed by atoms with E-state index in [0.29, 0.717) is 5.69 Å². The summed E-state index contributed by atoms with van der Waals surface area (Å²) in [6.45, 7) is 3.25. The lowest BCUT2D eigenvalue weighted by molar-refractivity contribution is -0.138. The molecule has 148 valence electrons. The zero-order valence-corrected chi connectivity index (χ0v) is 15.8. The molecule has 2 aromatic rings. The van der Waals surface area contributed by atoms with E-state index in [1.54, 1.807) is 38.1 Å². The Labute approximate surface area is 162 Å². The smallest absolute Gasteiger partial charge is 0.416 e. The molecular weight excluding hydrogens is 381 g/mol. The summed E-state index contributed by atoms with van der Waals surface area (Å²) in [5, 5.41) is 2.52. The molecule has 0 unspecified atom stereocenters. The van der Waals surface area contributed by atoms with Crippen LogP contribution in [0.25, 0.3) is 0 Å². The zero-order valence-electron chi connectivity index (χ0n) is 15.0. The molecule has 0 saturated carbocycles. The van der Waals surface area contributed by atoms with Crippen molar-refractivity contribution >= 4 is 24.0 Å². The second kappa shape index (κ2) is 9.50. The van der Waals surface area contributed by atoms with Gasteiger partial charge in [-0.05, 0) is 49.2 Å². The Morgan fingerprint density at radius 2 is 1.78 bits per heavy atom. The van der Waals surface area contributed by atoms with Crippen LogP contribution < -0.4 is 15.8 Å². The fraction of sp³-hybridized carbons (Fsp3) is 0.316. The highest BCUT2D eigenvalue weighted by Crippen LogP contribution is 2.34. The Hall–Kier alpha value is -2.41. The van der Waals surface area contributed by atoms with Gasteiger partial charge in [-0.1, -0.05) is 18.2 Å². The van der Waals surface area contributed by atoms with Crippen LogP contribution in [0.15, 0.2) is 42.5 Å². The van der Waals surface area contributed by atoms with Gasteiger partial charge >= 0.3 is 6.18 Å². The quantitative estimate of drug-likeness (QED) is 0.706. The van der Waals surface area contributed by atoms with Gasteiger partial charge < -0.3 is 15.8 Å². The van der Waals surface area contributed by atoms with E-state index in [4.69, 9.17) is 10.5 Å². The predicted octanol–water partition coefficient (Wildman–Crippen LogP) is 4.36. The summed E-state index contributed by atoms with van der Waals surface area (Å²) in [6, 6.07) is 10.5. The SMILES string of the molecule is CC(C)Oc1ccc(CNC(=O)Cc2ccc(N)cc2)c(C(F)(F)F)c1.Cl. The normalized spacial score (nSPS) is 11.0. The van der Waals surface area contributed by atoms with Crippen LogP contribution in [0.5, 0.6) is 5.75 Å². The number of rotatable bonds is 6. The van der Waals surface area contributed by atoms with E-state index in [1.165, 1.54) is 12.1 Å². The molecule has 0 aliphatic rings. The van der Waals surface area contributed by atoms with Crippen molar-refractivity contribution in [2.75, 3.05) is 5.73 Å². The van der Waals surface area contributed by atoms with Crippen molar-refractivity contribution in [2.24, 2.45) is 0 Å². The van der Waals surface area contributed by atoms with Gasteiger partial charge in [0.25, 0.3) is 0 Å². The van der Waals surface area contributed by atoms with Gasteiger partial charge in [-0.25, -0.2) is 0 Å². The third-order valence-corrected chi connectivity index (χ3v) is 3.58. The van der Waals surface area contributed by atoms with Crippen LogP contribution in [0.3, 0.4) is 0 Å². The second-order valence-corrected chi connectivity index (χ2v) is 6.18. The first kappa shape index (κ1) is 22.6. The lowest BCUT2D eigenvalue weighted by Crippen LogP contribution is -2.26. The first-order chi connectivity index (χ1) is 12.1. The maximum atomic E-state index is 13.3. The number of anilines is 1. The van der Waals surface area contributed by atoms with Crippen molar-refractivity contribution in [3.63, 3.8) is 0 Å². The Bertz CT molecular complexity index is 763. The van der Waals surface area contributed by atoms with Gasteiger partial charge in [0.2, 0.25) is 5.91 Å². The maximum absolute atomic E-state index is 13.3. The molecule has 8 heteroatoms. The molecule has 0 aliphatic heterocycles. The Balaban J connectivity index is 0.00000364. The van der Waals surface area contributed by atoms with Crippen molar-refractivity contribution in [1.29, 1.82) is 0 Å². The summed E-state index contributed by atoms with van der Waals surface area (Å²) in [7, 11) is 0. The van der Waals surface area contributed by atoms with E-state index >= 15 is 0 Å². The lowest BCUT2D eigenvalue weighted by atomic mass is 10.1. The highest BCUT2D eigenvalue weighted by Gasteiger charge is 2.33. The van der Waals surface area contributed by atoms with E-state index in [0.717, 1.165) is 11.6 Å². The number of nitrogens with two attached hydrogens (primary N) is 1. The Morgan fingerprint density at radius 3 is 2.33 bits per heavy atom. The van der Waals surface area contributed by atoms with E-state index in [-0.39, 0.29) is 48.7 Å². The van der Waals surface area contributed by atoms with Crippen LogP contribution in [-0.2, 0) is 23.9 Å². The van der Waals surface area contributed by atoms with Crippen LogP contribution in [0.4, 0.5) is 18.9 Å². The van der Waals surface area contributed by atoms with Gasteiger partial charge in [0.05, 0.1) is 18.1 Å². The topological polar surface area (TPSA) is 64.3 Å². The summed E-state index contributed by atoms with van der Waals surface area (Å²) < 4.78 is 45.2. The first-order valence-electron chi connectivity index (χ1n) is 8.13. The van der Waals surface area contributed by atoms with E-state index in [1.807, 2.05) is 0 Å². The fourth-order valence-corrected chi connectivity index (χ4v) is 2.40. The summed E-state index contributed by atoms with van der Waals surface area (Å²) in [6.07, 6.45) is -4.70. The minimum atomic E-state index is -4.53. The number of benzene rings is 2. The summed E-state index contributed by atoms with van der Waals surface area (Å²) in [5.41, 5.74) is 6.05. The largest absolute Gasteiger partial charge is 0.491 e. The van der Waals surface area contributed by atoms with E-state index in [9.17, 15) is 18.0 Å². The summed E-state index contributed by atoms with van der Waals surface area (Å²) in [5.74, 6) is -0.227. The van der Waals surface area contributed by atoms with Gasteiger partial charge in [0.1, 0.15) is 5.75 Å². The monoisotopic (exact) mass is 402 g/mol. The highest BCUT2D eigenvalue weighted by atomic mass is 35.5. The molecule has 1 amide bonds. The zero-order chi connectivity index (χ0) is 19.3. The third kappa shape index (κ3) is 7.02. The summed E-state index contributed by atoms with van der Waals surface area (Å²) in [4.78, 5) is 12.0. The van der Waals surface area contributed by atoms with Crippen molar-refractivity contribution in [1.82, 2.24) is 5.32 Å². The third-order valence-electron chi connectivity index (χ3n) is 3.58. The van der Waals surface area contributed by atoms with Crippen LogP contribution in [0, 0.1) is 0 Å². The summed E-state index contributed by atoms with van der Waals surface area (Å²) >= 11 is 0. The fourth-order valence-electron chi connectivity index (χ4n) is 2.40. The number of ether oxygens (including phenoxy) is 1. The van der Waals surface area contributed by atoms with Crippen molar-refractivity contribution < 1.29 is 22.7 Å². The second-order valence-electron chi connectivity index (χ2n) is 6.18. The van der Waals surface area contributed by atoms with Crippen LogP contribution in [0.1, 0.15) is 30.5 Å². The molecule has 0 saturated heterocycles. The molecule has 0 fully saturated rings. The first-order valence-corrected chi connectivity index (χ1v) is 8.13. The number of hydrogen-bond acceptors (Lipinski definition) is 3. The molecule has 2 rings (SSSR count). The Morgan fingerprint density at radius 1 is 1.15 bits per heavy atom. The molecule has 0 aliphatic carbocycles. The number of carbonyl (C=O) groups excluding carboxylic acids is 1. The van der Waals surface area contributed by atoms with Crippen LogP contribution >= 0.6 is 12.4 Å². The molecule has 0 heterocycles. The number of nitrogen functional groups attached to an aromatic ring is 1. The predicted molar refractivity (Wildman–Crippen MR) is 101 cm³/mol. The molecule has 0 atom stereocenters. The maximum Gasteiger partial charge on any atom is 0.416 e. The van der Waals surface area contributed by atoms with Crippen LogP contribution in [-0.4, -0.2) is 12.0 Å². The number of hydrogen-bond donors (Lipinski definition) is 2. The van der Waals surface area contributed by atoms with Crippen LogP contribution in [0.2, 0.25) is 0 Å². The average Bonchev–Trinajstić information content (AvgIpc) is 2.54. The minimum absolute atomic E-state index is 0. The van der Waals surface area contributed by atoms with E-state index in [2.05, 4.69) is 5.32 Å². The number of carbonyl (C=O) groups is 1. The molecular formula is C19H22ClF3N2O2. The molecule has 2 aromatic carbocycles. The minimum Gasteiger partial charge on any atom is -0.491 e. The highest BCUT2D eigenvalue weighted by molar-refractivity contribution is 5.85. The van der Waals surface area contributed by atoms with Crippen molar-refractivity contribution in [3.8, 4) is 5.75 Å². The Kier molecular flexibility index (Phi) is 7.97. The standard InChI is InChI=1S/C19H21F3N2O2.ClH/c1-12(2)26-16-8-5-14(17(10-16)19(20,21)22)11-24-18(25)9-13-3-6-15(23)7-4-13;/h3-8,10,12H,9,11,23H2,1-2H3,(H,24,25);1H. The van der Waals surface area contributed by atoms with Gasteiger partial charge in [-0.2, -0.15) is 13.2 Å². The number of nitrogens with one attached hydrogen (secondary N) is 1. The molecule has 4 nitrogen and oxygen atoms in total. The number of halogens is 4. The number of amides is 1. The molecule has 0 spiro atoms. The molecule has 3 N–H and O–H groups in total. The van der Waals surface area contributed by atoms with Gasteiger partial charge in [0.15, 0.2) is 0 Å². The number of alkyl halides is 3. The molecule has 0 bridgehead atoms. The van der Waals surface area contributed by atoms with Crippen molar-refractivity contribution in [3.05, 3.63) is 59.2 Å². The molecule has 0 radical (unpaired) electrons. The molecule has 27 heavy (non-hydrogen) atoms. The van der Waals surface area contributed by atoms with Gasteiger partial charge in [-0.15, -0.1) is 12.4 Å². The average molecular weight is 403 g/mol.